The molecule has 3 aromatic rings. The van der Waals surface area contributed by atoms with E-state index in [0.717, 1.165) is 16.6 Å². The number of aromatic nitrogens is 3. The average molecular weight is 386 g/mol. The molecule has 1 N–H and O–H groups in total. The Kier molecular flexibility index (Phi) is 5.27. The van der Waals surface area contributed by atoms with Crippen LogP contribution in [0.3, 0.4) is 0 Å². The molecule has 0 aliphatic rings. The number of pyridine rings is 1. The molecule has 7 nitrogen and oxygen atoms in total. The molecule has 0 saturated carbocycles. The molecule has 1 amide bonds. The minimum Gasteiger partial charge on any atom is -0.325 e. The number of anilines is 1. The quantitative estimate of drug-likeness (QED) is 0.702. The molecule has 8 heteroatoms. The molecule has 0 unspecified atom stereocenters. The van der Waals surface area contributed by atoms with E-state index in [-0.39, 0.29) is 29.0 Å². The number of nitrogens with one attached hydrogen (secondary N) is 1. The molecular formula is C19H22N4O3S. The fourth-order valence-electron chi connectivity index (χ4n) is 2.70. The molecular weight excluding hydrogens is 364 g/mol. The molecule has 2 heterocycles. The van der Waals surface area contributed by atoms with Crippen LogP contribution in [0.4, 0.5) is 5.69 Å². The predicted octanol–water partition coefficient (Wildman–Crippen LogP) is 3.12. The number of benzene rings is 1. The summed E-state index contributed by atoms with van der Waals surface area (Å²) < 4.78 is 26.5. The van der Waals surface area contributed by atoms with Crippen molar-refractivity contribution in [2.75, 3.05) is 11.1 Å². The standard InChI is InChI=1S/C19H22N4O3S/c1-13(2)23-19-15(11-21-23)10-16(12-20-19)22-18(24)8-9-27(25,26)17-6-4-14(3)5-7-17/h4-7,10-13H,8-9H2,1-3H3,(H,22,24). The summed E-state index contributed by atoms with van der Waals surface area (Å²) in [6.07, 6.45) is 3.12. The van der Waals surface area contributed by atoms with Crippen LogP contribution in [0, 0.1) is 6.92 Å². The Morgan fingerprint density at radius 1 is 1.19 bits per heavy atom. The summed E-state index contributed by atoms with van der Waals surface area (Å²) in [5, 5.41) is 7.80. The Morgan fingerprint density at radius 2 is 1.89 bits per heavy atom. The lowest BCUT2D eigenvalue weighted by molar-refractivity contribution is -0.115. The Labute approximate surface area is 158 Å². The van der Waals surface area contributed by atoms with Crippen LogP contribution in [0.1, 0.15) is 31.9 Å². The lowest BCUT2D eigenvalue weighted by atomic mass is 10.2. The SMILES string of the molecule is Cc1ccc(S(=O)(=O)CCC(=O)Nc2cnc3c(cnn3C(C)C)c2)cc1. The van der Waals surface area contributed by atoms with Crippen molar-refractivity contribution in [1.82, 2.24) is 14.8 Å². The number of fused-ring (bicyclic) bond motifs is 1. The van der Waals surface area contributed by atoms with Crippen molar-refractivity contribution in [3.8, 4) is 0 Å². The zero-order valence-corrected chi connectivity index (χ0v) is 16.3. The van der Waals surface area contributed by atoms with Gasteiger partial charge in [0.1, 0.15) is 0 Å². The van der Waals surface area contributed by atoms with Gasteiger partial charge in [-0.1, -0.05) is 17.7 Å². The third-order valence-corrected chi connectivity index (χ3v) is 5.92. The van der Waals surface area contributed by atoms with Gasteiger partial charge in [-0.25, -0.2) is 18.1 Å². The van der Waals surface area contributed by atoms with Gasteiger partial charge in [-0.15, -0.1) is 0 Å². The molecule has 0 saturated heterocycles. The summed E-state index contributed by atoms with van der Waals surface area (Å²) in [5.74, 6) is -0.619. The van der Waals surface area contributed by atoms with Gasteiger partial charge in [-0.3, -0.25) is 4.79 Å². The van der Waals surface area contributed by atoms with Gasteiger partial charge >= 0.3 is 0 Å². The fraction of sp³-hybridized carbons (Fsp3) is 0.316. The summed E-state index contributed by atoms with van der Waals surface area (Å²) in [6, 6.07) is 8.57. The first kappa shape index (κ1) is 19.0. The molecule has 27 heavy (non-hydrogen) atoms. The summed E-state index contributed by atoms with van der Waals surface area (Å²) >= 11 is 0. The minimum absolute atomic E-state index is 0.125. The van der Waals surface area contributed by atoms with Crippen LogP contribution in [0.15, 0.2) is 47.6 Å². The van der Waals surface area contributed by atoms with Gasteiger partial charge < -0.3 is 5.32 Å². The van der Waals surface area contributed by atoms with Gasteiger partial charge in [-0.2, -0.15) is 5.10 Å². The molecule has 0 fully saturated rings. The summed E-state index contributed by atoms with van der Waals surface area (Å²) in [7, 11) is -3.50. The van der Waals surface area contributed by atoms with Gasteiger partial charge in [0, 0.05) is 17.8 Å². The lowest BCUT2D eigenvalue weighted by Crippen LogP contribution is -2.17. The number of nitrogens with zero attached hydrogens (tertiary/aromatic N) is 3. The van der Waals surface area contributed by atoms with E-state index in [2.05, 4.69) is 15.4 Å². The fourth-order valence-corrected chi connectivity index (χ4v) is 3.94. The first-order valence-electron chi connectivity index (χ1n) is 8.69. The van der Waals surface area contributed by atoms with E-state index in [1.165, 1.54) is 0 Å². The van der Waals surface area contributed by atoms with E-state index < -0.39 is 9.84 Å². The van der Waals surface area contributed by atoms with Gasteiger partial charge in [0.05, 0.1) is 28.7 Å². The van der Waals surface area contributed by atoms with E-state index in [9.17, 15) is 13.2 Å². The van der Waals surface area contributed by atoms with Crippen molar-refractivity contribution in [2.45, 2.75) is 38.1 Å². The van der Waals surface area contributed by atoms with Crippen LogP contribution in [-0.4, -0.2) is 34.8 Å². The highest BCUT2D eigenvalue weighted by molar-refractivity contribution is 7.91. The molecule has 0 spiro atoms. The molecule has 0 aliphatic heterocycles. The third-order valence-electron chi connectivity index (χ3n) is 4.18. The van der Waals surface area contributed by atoms with E-state index in [4.69, 9.17) is 0 Å². The molecule has 3 rings (SSSR count). The summed E-state index contributed by atoms with van der Waals surface area (Å²) in [6.45, 7) is 5.91. The zero-order valence-electron chi connectivity index (χ0n) is 15.5. The number of amides is 1. The molecule has 0 bridgehead atoms. The zero-order chi connectivity index (χ0) is 19.6. The van der Waals surface area contributed by atoms with E-state index in [1.54, 1.807) is 47.4 Å². The number of rotatable bonds is 6. The second-order valence-corrected chi connectivity index (χ2v) is 8.86. The minimum atomic E-state index is -3.50. The van der Waals surface area contributed by atoms with Crippen molar-refractivity contribution in [3.05, 3.63) is 48.3 Å². The lowest BCUT2D eigenvalue weighted by Gasteiger charge is -2.08. The monoisotopic (exact) mass is 386 g/mol. The Morgan fingerprint density at radius 3 is 2.56 bits per heavy atom. The Bertz CT molecular complexity index is 1070. The van der Waals surface area contributed by atoms with Crippen molar-refractivity contribution < 1.29 is 13.2 Å². The topological polar surface area (TPSA) is 93.9 Å². The second-order valence-electron chi connectivity index (χ2n) is 6.75. The summed E-state index contributed by atoms with van der Waals surface area (Å²) in [5.41, 5.74) is 2.24. The molecule has 0 atom stereocenters. The second kappa shape index (κ2) is 7.48. The normalized spacial score (nSPS) is 11.9. The Balaban J connectivity index is 1.65. The van der Waals surface area contributed by atoms with Crippen LogP contribution in [-0.2, 0) is 14.6 Å². The molecule has 0 aliphatic carbocycles. The van der Waals surface area contributed by atoms with Crippen LogP contribution in [0.2, 0.25) is 0 Å². The first-order valence-corrected chi connectivity index (χ1v) is 10.3. The molecule has 0 radical (unpaired) electrons. The smallest absolute Gasteiger partial charge is 0.225 e. The first-order chi connectivity index (χ1) is 12.8. The summed E-state index contributed by atoms with van der Waals surface area (Å²) in [4.78, 5) is 16.7. The van der Waals surface area contributed by atoms with Crippen molar-refractivity contribution >= 4 is 32.5 Å². The van der Waals surface area contributed by atoms with E-state index >= 15 is 0 Å². The third kappa shape index (κ3) is 4.33. The van der Waals surface area contributed by atoms with Gasteiger partial charge in [-0.05, 0) is 39.0 Å². The van der Waals surface area contributed by atoms with E-state index in [1.807, 2.05) is 20.8 Å². The maximum atomic E-state index is 12.3. The number of hydrogen-bond donors (Lipinski definition) is 1. The van der Waals surface area contributed by atoms with Crippen molar-refractivity contribution in [2.24, 2.45) is 0 Å². The van der Waals surface area contributed by atoms with Crippen LogP contribution < -0.4 is 5.32 Å². The predicted molar refractivity (Wildman–Crippen MR) is 104 cm³/mol. The van der Waals surface area contributed by atoms with E-state index in [0.29, 0.717) is 5.69 Å². The van der Waals surface area contributed by atoms with Gasteiger partial charge in [0.2, 0.25) is 5.91 Å². The number of aryl methyl sites for hydroxylation is 1. The van der Waals surface area contributed by atoms with Crippen LogP contribution in [0.25, 0.3) is 11.0 Å². The molecule has 1 aromatic carbocycles. The number of carbonyl (C=O) groups excluding carboxylic acids is 1. The highest BCUT2D eigenvalue weighted by Gasteiger charge is 2.17. The number of carbonyl (C=O) groups is 1. The highest BCUT2D eigenvalue weighted by Crippen LogP contribution is 2.19. The van der Waals surface area contributed by atoms with Crippen LogP contribution in [0.5, 0.6) is 0 Å². The van der Waals surface area contributed by atoms with Crippen molar-refractivity contribution in [1.29, 1.82) is 0 Å². The largest absolute Gasteiger partial charge is 0.325 e. The van der Waals surface area contributed by atoms with Crippen LogP contribution >= 0.6 is 0 Å². The van der Waals surface area contributed by atoms with Crippen molar-refractivity contribution in [3.63, 3.8) is 0 Å². The molecule has 142 valence electrons. The Hall–Kier alpha value is -2.74. The highest BCUT2D eigenvalue weighted by atomic mass is 32.2. The number of hydrogen-bond acceptors (Lipinski definition) is 5. The molecule has 2 aromatic heterocycles. The number of sulfone groups is 1. The van der Waals surface area contributed by atoms with Gasteiger partial charge in [0.15, 0.2) is 15.5 Å². The maximum absolute atomic E-state index is 12.3. The average Bonchev–Trinajstić information content (AvgIpc) is 3.04. The maximum Gasteiger partial charge on any atom is 0.225 e. The van der Waals surface area contributed by atoms with Gasteiger partial charge in [0.25, 0.3) is 0 Å².